The molecule has 0 saturated heterocycles. The van der Waals surface area contributed by atoms with Gasteiger partial charge in [0.05, 0.1) is 5.92 Å². The molecule has 3 N–H and O–H groups in total. The van der Waals surface area contributed by atoms with Gasteiger partial charge in [0.25, 0.3) is 0 Å². The van der Waals surface area contributed by atoms with E-state index >= 15 is 0 Å². The minimum Gasteiger partial charge on any atom is -0.481 e. The average molecular weight is 259 g/mol. The molecule has 0 rings (SSSR count). The topological polar surface area (TPSA) is 81.7 Å². The molecule has 0 aromatic heterocycles. The van der Waals surface area contributed by atoms with Crippen molar-refractivity contribution in [3.05, 3.63) is 0 Å². The second-order valence-electron chi connectivity index (χ2n) is 4.83. The molecule has 0 aliphatic heterocycles. The lowest BCUT2D eigenvalue weighted by atomic mass is 10.1. The van der Waals surface area contributed by atoms with Crippen molar-refractivity contribution >= 4 is 12.0 Å². The monoisotopic (exact) mass is 259 g/mol. The van der Waals surface area contributed by atoms with Crippen LogP contribution in [0, 0.1) is 5.92 Å². The summed E-state index contributed by atoms with van der Waals surface area (Å²) in [5.74, 6) is -1.15. The van der Waals surface area contributed by atoms with Gasteiger partial charge in [0.1, 0.15) is 0 Å². The van der Waals surface area contributed by atoms with E-state index in [9.17, 15) is 9.59 Å². The first-order valence-electron chi connectivity index (χ1n) is 6.25. The molecule has 2 unspecified atom stereocenters. The Labute approximate surface area is 109 Å². The van der Waals surface area contributed by atoms with Crippen LogP contribution in [0.25, 0.3) is 0 Å². The number of hydrogen-bond donors (Lipinski definition) is 3. The number of nitrogens with one attached hydrogen (secondary N) is 2. The lowest BCUT2D eigenvalue weighted by Gasteiger charge is -2.20. The molecule has 0 spiro atoms. The number of aliphatic carboxylic acids is 1. The molecular formula is C12H25N3O3. The van der Waals surface area contributed by atoms with Gasteiger partial charge in [-0.1, -0.05) is 6.92 Å². The number of nitrogens with zero attached hydrogens (tertiary/aromatic N) is 1. The Morgan fingerprint density at radius 2 is 1.83 bits per heavy atom. The Morgan fingerprint density at radius 1 is 1.22 bits per heavy atom. The van der Waals surface area contributed by atoms with Gasteiger partial charge in [-0.3, -0.25) is 4.79 Å². The third-order valence-electron chi connectivity index (χ3n) is 2.96. The zero-order valence-electron chi connectivity index (χ0n) is 11.7. The molecule has 6 heteroatoms. The van der Waals surface area contributed by atoms with Crippen molar-refractivity contribution in [3.63, 3.8) is 0 Å². The van der Waals surface area contributed by atoms with Crippen molar-refractivity contribution in [3.8, 4) is 0 Å². The molecule has 106 valence electrons. The molecule has 0 radical (unpaired) electrons. The Morgan fingerprint density at radius 3 is 2.33 bits per heavy atom. The van der Waals surface area contributed by atoms with Crippen LogP contribution in [-0.2, 0) is 4.79 Å². The number of hydrogen-bond acceptors (Lipinski definition) is 3. The first-order valence-corrected chi connectivity index (χ1v) is 6.25. The van der Waals surface area contributed by atoms with Gasteiger partial charge in [0.2, 0.25) is 0 Å². The molecular weight excluding hydrogens is 234 g/mol. The zero-order chi connectivity index (χ0) is 14.1. The first-order chi connectivity index (χ1) is 8.34. The molecule has 6 nitrogen and oxygen atoms in total. The summed E-state index contributed by atoms with van der Waals surface area (Å²) in [7, 11) is 3.91. The highest BCUT2D eigenvalue weighted by molar-refractivity contribution is 5.73. The molecule has 0 saturated carbocycles. The van der Waals surface area contributed by atoms with Crippen LogP contribution in [0.5, 0.6) is 0 Å². The second kappa shape index (κ2) is 8.74. The van der Waals surface area contributed by atoms with Gasteiger partial charge < -0.3 is 20.6 Å². The lowest BCUT2D eigenvalue weighted by molar-refractivity contribution is -0.141. The van der Waals surface area contributed by atoms with Gasteiger partial charge >= 0.3 is 12.0 Å². The SMILES string of the molecule is CC(CCCNC(=O)NCC(C)N(C)C)C(=O)O. The third kappa shape index (κ3) is 7.89. The van der Waals surface area contributed by atoms with Gasteiger partial charge in [-0.15, -0.1) is 0 Å². The average Bonchev–Trinajstić information content (AvgIpc) is 2.30. The minimum absolute atomic E-state index is 0.202. The normalized spacial score (nSPS) is 14.1. The number of amides is 2. The van der Waals surface area contributed by atoms with Crippen molar-refractivity contribution < 1.29 is 14.7 Å². The number of urea groups is 1. The van der Waals surface area contributed by atoms with Gasteiger partial charge in [-0.05, 0) is 33.9 Å². The van der Waals surface area contributed by atoms with E-state index in [1.165, 1.54) is 0 Å². The van der Waals surface area contributed by atoms with E-state index in [-0.39, 0.29) is 18.0 Å². The van der Waals surface area contributed by atoms with Crippen LogP contribution in [0.2, 0.25) is 0 Å². The fourth-order valence-electron chi connectivity index (χ4n) is 1.22. The van der Waals surface area contributed by atoms with Crippen molar-refractivity contribution in [1.82, 2.24) is 15.5 Å². The van der Waals surface area contributed by atoms with Gasteiger partial charge in [0, 0.05) is 19.1 Å². The fourth-order valence-corrected chi connectivity index (χ4v) is 1.22. The number of rotatable bonds is 8. The molecule has 2 amide bonds. The molecule has 0 fully saturated rings. The van der Waals surface area contributed by atoms with Crippen molar-refractivity contribution in [2.24, 2.45) is 5.92 Å². The zero-order valence-corrected chi connectivity index (χ0v) is 11.7. The minimum atomic E-state index is -0.792. The van der Waals surface area contributed by atoms with Crippen LogP contribution in [0.15, 0.2) is 0 Å². The maximum absolute atomic E-state index is 11.4. The van der Waals surface area contributed by atoms with Crippen molar-refractivity contribution in [2.45, 2.75) is 32.7 Å². The van der Waals surface area contributed by atoms with Gasteiger partial charge in [-0.2, -0.15) is 0 Å². The largest absolute Gasteiger partial charge is 0.481 e. The predicted molar refractivity (Wildman–Crippen MR) is 70.6 cm³/mol. The molecule has 0 aliphatic rings. The van der Waals surface area contributed by atoms with E-state index in [0.29, 0.717) is 25.9 Å². The Balaban J connectivity index is 3.57. The highest BCUT2D eigenvalue weighted by Gasteiger charge is 2.10. The van der Waals surface area contributed by atoms with E-state index in [2.05, 4.69) is 10.6 Å². The summed E-state index contributed by atoms with van der Waals surface area (Å²) in [4.78, 5) is 24.0. The van der Waals surface area contributed by atoms with Crippen molar-refractivity contribution in [1.29, 1.82) is 0 Å². The smallest absolute Gasteiger partial charge is 0.314 e. The van der Waals surface area contributed by atoms with Crippen LogP contribution in [0.1, 0.15) is 26.7 Å². The van der Waals surface area contributed by atoms with Crippen LogP contribution in [0.3, 0.4) is 0 Å². The maximum atomic E-state index is 11.4. The number of likely N-dealkylation sites (N-methyl/N-ethyl adjacent to an activating group) is 1. The summed E-state index contributed by atoms with van der Waals surface area (Å²) < 4.78 is 0. The van der Waals surface area contributed by atoms with E-state index in [4.69, 9.17) is 5.11 Å². The van der Waals surface area contributed by atoms with E-state index in [1.807, 2.05) is 25.9 Å². The number of carboxylic acid groups (broad SMARTS) is 1. The molecule has 0 aromatic rings. The van der Waals surface area contributed by atoms with Gasteiger partial charge in [0.15, 0.2) is 0 Å². The Hall–Kier alpha value is -1.30. The molecule has 2 atom stereocenters. The number of carbonyl (C=O) groups excluding carboxylic acids is 1. The van der Waals surface area contributed by atoms with E-state index in [1.54, 1.807) is 6.92 Å². The molecule has 0 aliphatic carbocycles. The Kier molecular flexibility index (Phi) is 8.11. The van der Waals surface area contributed by atoms with Crippen LogP contribution < -0.4 is 10.6 Å². The quantitative estimate of drug-likeness (QED) is 0.561. The predicted octanol–water partition coefficient (Wildman–Crippen LogP) is 0.737. The molecule has 0 aromatic carbocycles. The molecule has 18 heavy (non-hydrogen) atoms. The van der Waals surface area contributed by atoms with E-state index in [0.717, 1.165) is 0 Å². The summed E-state index contributed by atoms with van der Waals surface area (Å²) in [5, 5.41) is 14.2. The van der Waals surface area contributed by atoms with Crippen LogP contribution in [-0.4, -0.2) is 55.2 Å². The highest BCUT2D eigenvalue weighted by atomic mass is 16.4. The summed E-state index contributed by atoms with van der Waals surface area (Å²) in [6.07, 6.45) is 1.24. The highest BCUT2D eigenvalue weighted by Crippen LogP contribution is 2.03. The number of carboxylic acids is 1. The third-order valence-corrected chi connectivity index (χ3v) is 2.96. The lowest BCUT2D eigenvalue weighted by Crippen LogP contribution is -2.43. The summed E-state index contributed by atoms with van der Waals surface area (Å²) in [6, 6.07) is 0.0782. The second-order valence-corrected chi connectivity index (χ2v) is 4.83. The summed E-state index contributed by atoms with van der Waals surface area (Å²) in [5.41, 5.74) is 0. The first kappa shape index (κ1) is 16.7. The number of carbonyl (C=O) groups is 2. The maximum Gasteiger partial charge on any atom is 0.314 e. The fraction of sp³-hybridized carbons (Fsp3) is 0.833. The molecule has 0 heterocycles. The standard InChI is InChI=1S/C12H25N3O3/c1-9(11(16)17)6-5-7-13-12(18)14-8-10(2)15(3)4/h9-10H,5-8H2,1-4H3,(H,16,17)(H2,13,14,18). The van der Waals surface area contributed by atoms with Crippen LogP contribution >= 0.6 is 0 Å². The summed E-state index contributed by atoms with van der Waals surface area (Å²) >= 11 is 0. The van der Waals surface area contributed by atoms with Gasteiger partial charge in [-0.25, -0.2) is 4.79 Å². The van der Waals surface area contributed by atoms with Crippen LogP contribution in [0.4, 0.5) is 4.79 Å². The van der Waals surface area contributed by atoms with Crippen molar-refractivity contribution in [2.75, 3.05) is 27.2 Å². The summed E-state index contributed by atoms with van der Waals surface area (Å²) in [6.45, 7) is 4.78. The van der Waals surface area contributed by atoms with E-state index < -0.39 is 5.97 Å². The Bertz CT molecular complexity index is 269. The molecule has 0 bridgehead atoms.